The quantitative estimate of drug-likeness (QED) is 0.293. The lowest BCUT2D eigenvalue weighted by Gasteiger charge is -2.33. The molecule has 6 rings (SSSR count). The molecule has 0 aliphatic carbocycles. The summed E-state index contributed by atoms with van der Waals surface area (Å²) in [6.45, 7) is 0. The minimum absolute atomic E-state index is 0.228. The Bertz CT molecular complexity index is 1620. The SMILES string of the molecule is COc1ccc(C(=O)C2C3C(=O)N(c4ccc(F)cc4)C(=O)C3C3C=C(C(=O)c4ccccc4)C=CN32)cc1Br. The summed E-state index contributed by atoms with van der Waals surface area (Å²) in [5, 5.41) is 0. The van der Waals surface area contributed by atoms with Crippen LogP contribution in [0.4, 0.5) is 10.1 Å². The van der Waals surface area contributed by atoms with Crippen LogP contribution < -0.4 is 9.64 Å². The standard InChI is InChI=1S/C31H22BrFN2O5/c1-40-24-12-7-18(15-22(24)32)29(37)27-26-25(30(38)35(31(26)39)21-10-8-20(33)9-11-21)23-16-19(13-14-34(23)27)28(36)17-5-3-2-4-6-17/h2-16,23,25-27H,1H3. The van der Waals surface area contributed by atoms with Gasteiger partial charge in [0.25, 0.3) is 0 Å². The van der Waals surface area contributed by atoms with E-state index in [1.807, 2.05) is 6.07 Å². The normalized spacial score (nSPS) is 23.1. The predicted molar refractivity (Wildman–Crippen MR) is 148 cm³/mol. The Kier molecular flexibility index (Phi) is 6.46. The van der Waals surface area contributed by atoms with E-state index < -0.39 is 41.6 Å². The molecule has 0 bridgehead atoms. The number of anilines is 1. The molecule has 3 heterocycles. The molecule has 0 radical (unpaired) electrons. The molecule has 0 spiro atoms. The molecular formula is C31H22BrFN2O5. The van der Waals surface area contributed by atoms with Crippen LogP contribution in [-0.4, -0.2) is 47.5 Å². The van der Waals surface area contributed by atoms with Gasteiger partial charge in [-0.15, -0.1) is 0 Å². The topological polar surface area (TPSA) is 84.0 Å². The number of hydrogen-bond acceptors (Lipinski definition) is 6. The number of halogens is 2. The summed E-state index contributed by atoms with van der Waals surface area (Å²) in [6, 6.07) is 17.0. The van der Waals surface area contributed by atoms with Crippen LogP contribution in [0.25, 0.3) is 0 Å². The molecule has 0 saturated carbocycles. The van der Waals surface area contributed by atoms with Crippen LogP contribution in [0.15, 0.2) is 101 Å². The number of carbonyl (C=O) groups is 4. The molecule has 7 nitrogen and oxygen atoms in total. The number of imide groups is 1. The molecule has 3 aromatic rings. The van der Waals surface area contributed by atoms with E-state index in [-0.39, 0.29) is 17.3 Å². The summed E-state index contributed by atoms with van der Waals surface area (Å²) in [4.78, 5) is 57.7. The molecule has 200 valence electrons. The molecule has 2 amide bonds. The Labute approximate surface area is 237 Å². The Morgan fingerprint density at radius 1 is 0.900 bits per heavy atom. The summed E-state index contributed by atoms with van der Waals surface area (Å²) < 4.78 is 19.5. The summed E-state index contributed by atoms with van der Waals surface area (Å²) in [5.41, 5.74) is 1.42. The van der Waals surface area contributed by atoms with Gasteiger partial charge in [0.2, 0.25) is 11.8 Å². The first-order chi connectivity index (χ1) is 19.3. The molecule has 9 heteroatoms. The highest BCUT2D eigenvalue weighted by Crippen LogP contribution is 2.47. The van der Waals surface area contributed by atoms with Crippen molar-refractivity contribution >= 4 is 45.0 Å². The third-order valence-electron chi connectivity index (χ3n) is 7.64. The third-order valence-corrected chi connectivity index (χ3v) is 8.26. The number of carbonyl (C=O) groups excluding carboxylic acids is 4. The highest BCUT2D eigenvalue weighted by Gasteiger charge is 2.63. The van der Waals surface area contributed by atoms with Gasteiger partial charge in [0.1, 0.15) is 17.6 Å². The number of benzene rings is 3. The third kappa shape index (κ3) is 4.08. The van der Waals surface area contributed by atoms with Gasteiger partial charge in [0.15, 0.2) is 11.6 Å². The van der Waals surface area contributed by atoms with Gasteiger partial charge in [-0.25, -0.2) is 9.29 Å². The fourth-order valence-electron chi connectivity index (χ4n) is 5.79. The molecule has 3 aliphatic heterocycles. The van der Waals surface area contributed by atoms with Crippen molar-refractivity contribution in [3.05, 3.63) is 118 Å². The second-order valence-corrected chi connectivity index (χ2v) is 10.6. The second-order valence-electron chi connectivity index (χ2n) is 9.77. The van der Waals surface area contributed by atoms with Crippen LogP contribution in [-0.2, 0) is 9.59 Å². The zero-order valence-electron chi connectivity index (χ0n) is 21.2. The molecule has 3 aliphatic rings. The first-order valence-corrected chi connectivity index (χ1v) is 13.4. The van der Waals surface area contributed by atoms with Gasteiger partial charge < -0.3 is 9.64 Å². The monoisotopic (exact) mass is 600 g/mol. The first kappa shape index (κ1) is 25.9. The van der Waals surface area contributed by atoms with Crippen LogP contribution in [0.1, 0.15) is 20.7 Å². The first-order valence-electron chi connectivity index (χ1n) is 12.6. The summed E-state index contributed by atoms with van der Waals surface area (Å²) >= 11 is 3.41. The van der Waals surface area contributed by atoms with E-state index in [9.17, 15) is 23.6 Å². The van der Waals surface area contributed by atoms with Crippen molar-refractivity contribution in [3.63, 3.8) is 0 Å². The van der Waals surface area contributed by atoms with E-state index >= 15 is 0 Å². The number of ketones is 2. The van der Waals surface area contributed by atoms with E-state index in [2.05, 4.69) is 15.9 Å². The average molecular weight is 601 g/mol. The van der Waals surface area contributed by atoms with E-state index in [4.69, 9.17) is 4.74 Å². The van der Waals surface area contributed by atoms with Crippen molar-refractivity contribution in [2.75, 3.05) is 12.0 Å². The minimum Gasteiger partial charge on any atom is -0.496 e. The molecule has 40 heavy (non-hydrogen) atoms. The number of nitrogens with zero attached hydrogens (tertiary/aromatic N) is 2. The number of methoxy groups -OCH3 is 1. The number of amides is 2. The molecule has 0 N–H and O–H groups in total. The lowest BCUT2D eigenvalue weighted by atomic mass is 9.85. The maximum absolute atomic E-state index is 14.0. The Balaban J connectivity index is 1.43. The highest BCUT2D eigenvalue weighted by atomic mass is 79.9. The largest absolute Gasteiger partial charge is 0.496 e. The van der Waals surface area contributed by atoms with Crippen molar-refractivity contribution in [1.29, 1.82) is 0 Å². The van der Waals surface area contributed by atoms with Crippen molar-refractivity contribution in [2.24, 2.45) is 11.8 Å². The number of ether oxygens (including phenoxy) is 1. The van der Waals surface area contributed by atoms with Crippen LogP contribution in [0.5, 0.6) is 5.75 Å². The van der Waals surface area contributed by atoms with Crippen LogP contribution in [0.3, 0.4) is 0 Å². The summed E-state index contributed by atoms with van der Waals surface area (Å²) in [6.07, 6.45) is 4.91. The maximum Gasteiger partial charge on any atom is 0.240 e. The van der Waals surface area contributed by atoms with E-state index in [1.165, 1.54) is 31.4 Å². The van der Waals surface area contributed by atoms with Gasteiger partial charge in [-0.1, -0.05) is 36.4 Å². The lowest BCUT2D eigenvalue weighted by molar-refractivity contribution is -0.123. The smallest absolute Gasteiger partial charge is 0.240 e. The van der Waals surface area contributed by atoms with Crippen LogP contribution in [0, 0.1) is 17.7 Å². The number of fused-ring (bicyclic) bond motifs is 3. The van der Waals surface area contributed by atoms with Gasteiger partial charge >= 0.3 is 0 Å². The van der Waals surface area contributed by atoms with Crippen molar-refractivity contribution in [3.8, 4) is 5.75 Å². The molecule has 0 aromatic heterocycles. The molecule has 2 saturated heterocycles. The Hall–Kier alpha value is -4.37. The number of Topliss-reactive ketones (excluding diaryl/α,β-unsaturated/α-hetero) is 2. The van der Waals surface area contributed by atoms with E-state index in [0.717, 1.165) is 4.90 Å². The van der Waals surface area contributed by atoms with Gasteiger partial charge in [-0.2, -0.15) is 0 Å². The molecular weight excluding hydrogens is 579 g/mol. The number of allylic oxidation sites excluding steroid dienone is 2. The maximum atomic E-state index is 14.0. The van der Waals surface area contributed by atoms with Gasteiger partial charge in [-0.05, 0) is 64.5 Å². The highest BCUT2D eigenvalue weighted by molar-refractivity contribution is 9.10. The van der Waals surface area contributed by atoms with Crippen LogP contribution in [0.2, 0.25) is 0 Å². The van der Waals surface area contributed by atoms with Gasteiger partial charge in [-0.3, -0.25) is 19.2 Å². The minimum atomic E-state index is -1.01. The number of rotatable bonds is 6. The zero-order valence-corrected chi connectivity index (χ0v) is 22.7. The molecule has 4 atom stereocenters. The van der Waals surface area contributed by atoms with Gasteiger partial charge in [0.05, 0.1) is 35.1 Å². The Morgan fingerprint density at radius 3 is 2.27 bits per heavy atom. The fraction of sp³-hybridized carbons (Fsp3) is 0.161. The van der Waals surface area contributed by atoms with Crippen molar-refractivity contribution < 1.29 is 28.3 Å². The van der Waals surface area contributed by atoms with Crippen molar-refractivity contribution in [1.82, 2.24) is 4.90 Å². The molecule has 2 fully saturated rings. The lowest BCUT2D eigenvalue weighted by Crippen LogP contribution is -2.46. The summed E-state index contributed by atoms with van der Waals surface area (Å²) in [5.74, 6) is -3.51. The zero-order chi connectivity index (χ0) is 28.1. The van der Waals surface area contributed by atoms with Gasteiger partial charge in [0, 0.05) is 22.9 Å². The predicted octanol–water partition coefficient (Wildman–Crippen LogP) is 4.97. The number of hydrogen-bond donors (Lipinski definition) is 0. The molecule has 4 unspecified atom stereocenters. The van der Waals surface area contributed by atoms with Crippen LogP contribution >= 0.6 is 15.9 Å². The van der Waals surface area contributed by atoms with E-state index in [0.29, 0.717) is 26.9 Å². The van der Waals surface area contributed by atoms with E-state index in [1.54, 1.807) is 65.7 Å². The summed E-state index contributed by atoms with van der Waals surface area (Å²) in [7, 11) is 1.51. The second kappa shape index (κ2) is 9.98. The fourth-order valence-corrected chi connectivity index (χ4v) is 6.33. The van der Waals surface area contributed by atoms with Crippen molar-refractivity contribution in [2.45, 2.75) is 12.1 Å². The molecule has 3 aromatic carbocycles. The average Bonchev–Trinajstić information content (AvgIpc) is 3.44. The Morgan fingerprint density at radius 2 is 1.60 bits per heavy atom.